The van der Waals surface area contributed by atoms with E-state index >= 15 is 0 Å². The molecule has 27 heavy (non-hydrogen) atoms. The molecule has 0 heterocycles. The van der Waals surface area contributed by atoms with Crippen LogP contribution in [0.1, 0.15) is 12.8 Å². The summed E-state index contributed by atoms with van der Waals surface area (Å²) in [7, 11) is -7.54. The zero-order chi connectivity index (χ0) is 18.9. The monoisotopic (exact) mass is 400 g/mol. The van der Waals surface area contributed by atoms with E-state index in [0.29, 0.717) is 0 Å². The molecule has 2 aromatic carbocycles. The molecule has 2 aromatic rings. The standard InChI is InChI=1S/C21H20O4S2/c22-26(23,15-7-3-1-4-8-15)19-17-11-12-18(21(17)13-14-21)20(19)27(24,25)16-9-5-2-6-10-16/h1-12,17-20H,13-14H2/t17-,18+,19-,20-/m1/s1. The molecular weight excluding hydrogens is 380 g/mol. The van der Waals surface area contributed by atoms with E-state index in [2.05, 4.69) is 0 Å². The summed E-state index contributed by atoms with van der Waals surface area (Å²) in [5, 5.41) is -1.86. The predicted molar refractivity (Wildman–Crippen MR) is 103 cm³/mol. The summed E-state index contributed by atoms with van der Waals surface area (Å²) in [4.78, 5) is 0.417. The van der Waals surface area contributed by atoms with Gasteiger partial charge in [-0.15, -0.1) is 0 Å². The van der Waals surface area contributed by atoms with E-state index < -0.39 is 30.2 Å². The quantitative estimate of drug-likeness (QED) is 0.739. The Labute approximate surface area is 159 Å². The van der Waals surface area contributed by atoms with Gasteiger partial charge in [-0.1, -0.05) is 48.6 Å². The van der Waals surface area contributed by atoms with Gasteiger partial charge in [-0.3, -0.25) is 0 Å². The second kappa shape index (κ2) is 5.55. The van der Waals surface area contributed by atoms with Crippen LogP contribution in [0.5, 0.6) is 0 Å². The first-order valence-electron chi connectivity index (χ1n) is 9.15. The van der Waals surface area contributed by atoms with Crippen LogP contribution in [0.25, 0.3) is 0 Å². The average Bonchev–Trinajstić information content (AvgIpc) is 3.35. The Morgan fingerprint density at radius 2 is 1.00 bits per heavy atom. The molecule has 140 valence electrons. The average molecular weight is 401 g/mol. The van der Waals surface area contributed by atoms with E-state index in [9.17, 15) is 16.8 Å². The van der Waals surface area contributed by atoms with E-state index in [-0.39, 0.29) is 27.0 Å². The summed E-state index contributed by atoms with van der Waals surface area (Å²) in [6, 6.07) is 16.5. The maximum Gasteiger partial charge on any atom is 0.183 e. The third-order valence-electron chi connectivity index (χ3n) is 6.57. The van der Waals surface area contributed by atoms with Crippen LogP contribution in [0.3, 0.4) is 0 Å². The lowest BCUT2D eigenvalue weighted by Gasteiger charge is -2.27. The van der Waals surface area contributed by atoms with E-state index in [1.807, 2.05) is 12.2 Å². The topological polar surface area (TPSA) is 68.3 Å². The van der Waals surface area contributed by atoms with Crippen LogP contribution in [-0.2, 0) is 19.7 Å². The zero-order valence-electron chi connectivity index (χ0n) is 14.6. The predicted octanol–water partition coefficient (Wildman–Crippen LogP) is 3.27. The number of hydrogen-bond acceptors (Lipinski definition) is 4. The van der Waals surface area contributed by atoms with E-state index in [1.54, 1.807) is 60.7 Å². The normalized spacial score (nSPS) is 30.7. The minimum atomic E-state index is -3.77. The Balaban J connectivity index is 1.69. The zero-order valence-corrected chi connectivity index (χ0v) is 16.2. The van der Waals surface area contributed by atoms with Crippen molar-refractivity contribution in [1.82, 2.24) is 0 Å². The highest BCUT2D eigenvalue weighted by Crippen LogP contribution is 2.71. The van der Waals surface area contributed by atoms with E-state index in [4.69, 9.17) is 0 Å². The van der Waals surface area contributed by atoms with Crippen molar-refractivity contribution in [3.05, 3.63) is 72.8 Å². The summed E-state index contributed by atoms with van der Waals surface area (Å²) < 4.78 is 54.1. The summed E-state index contributed by atoms with van der Waals surface area (Å²) in [5.41, 5.74) is -0.182. The third kappa shape index (κ3) is 2.26. The molecular formula is C21H20O4S2. The van der Waals surface area contributed by atoms with Gasteiger partial charge in [0.05, 0.1) is 20.3 Å². The highest BCUT2D eigenvalue weighted by atomic mass is 32.2. The molecule has 0 amide bonds. The lowest BCUT2D eigenvalue weighted by molar-refractivity contribution is 0.403. The molecule has 4 nitrogen and oxygen atoms in total. The maximum absolute atomic E-state index is 13.5. The van der Waals surface area contributed by atoms with Crippen LogP contribution in [-0.4, -0.2) is 27.3 Å². The molecule has 5 rings (SSSR count). The molecule has 0 aliphatic heterocycles. The van der Waals surface area contributed by atoms with Crippen LogP contribution >= 0.6 is 0 Å². The maximum atomic E-state index is 13.5. The SMILES string of the molecule is O=S(=O)(c1ccccc1)[C@H]1[C@H](S(=O)(=O)c2ccccc2)[C@@H]2C=C[C@H]1C21CC1. The molecule has 0 aromatic heterocycles. The van der Waals surface area contributed by atoms with Crippen molar-refractivity contribution in [3.63, 3.8) is 0 Å². The molecule has 1 spiro atoms. The van der Waals surface area contributed by atoms with Gasteiger partial charge in [0.2, 0.25) is 0 Å². The van der Waals surface area contributed by atoms with Crippen molar-refractivity contribution in [2.45, 2.75) is 33.1 Å². The van der Waals surface area contributed by atoms with Gasteiger partial charge in [0.25, 0.3) is 0 Å². The molecule has 0 N–H and O–H groups in total. The smallest absolute Gasteiger partial charge is 0.183 e. The molecule has 2 bridgehead atoms. The highest BCUT2D eigenvalue weighted by Gasteiger charge is 2.72. The van der Waals surface area contributed by atoms with E-state index in [1.165, 1.54) is 0 Å². The van der Waals surface area contributed by atoms with Crippen LogP contribution in [0.4, 0.5) is 0 Å². The minimum Gasteiger partial charge on any atom is -0.223 e. The molecule has 6 heteroatoms. The van der Waals surface area contributed by atoms with Gasteiger partial charge in [-0.05, 0) is 42.5 Å². The Bertz CT molecular complexity index is 1030. The van der Waals surface area contributed by atoms with Gasteiger partial charge in [0.1, 0.15) is 0 Å². The Kier molecular flexibility index (Phi) is 3.53. The van der Waals surface area contributed by atoms with Gasteiger partial charge in [0, 0.05) is 11.8 Å². The summed E-state index contributed by atoms with van der Waals surface area (Å²) in [6.07, 6.45) is 5.72. The first-order valence-corrected chi connectivity index (χ1v) is 12.2. The fourth-order valence-electron chi connectivity index (χ4n) is 5.21. The van der Waals surface area contributed by atoms with Crippen molar-refractivity contribution >= 4 is 19.7 Å². The third-order valence-corrected chi connectivity index (χ3v) is 11.2. The molecule has 2 fully saturated rings. The van der Waals surface area contributed by atoms with Crippen molar-refractivity contribution < 1.29 is 16.8 Å². The number of rotatable bonds is 4. The molecule has 3 aliphatic rings. The second-order valence-electron chi connectivity index (χ2n) is 7.81. The molecule has 4 atom stereocenters. The van der Waals surface area contributed by atoms with Gasteiger partial charge >= 0.3 is 0 Å². The second-order valence-corrected chi connectivity index (χ2v) is 12.0. The summed E-state index contributed by atoms with van der Waals surface area (Å²) in [6.45, 7) is 0. The van der Waals surface area contributed by atoms with Crippen molar-refractivity contribution in [1.29, 1.82) is 0 Å². The fourth-order valence-corrected chi connectivity index (χ4v) is 10.3. The van der Waals surface area contributed by atoms with Crippen molar-refractivity contribution in [2.24, 2.45) is 17.3 Å². The number of sulfone groups is 2. The Morgan fingerprint density at radius 1 is 0.630 bits per heavy atom. The number of hydrogen-bond donors (Lipinski definition) is 0. The molecule has 0 saturated heterocycles. The number of allylic oxidation sites excluding steroid dienone is 2. The largest absolute Gasteiger partial charge is 0.223 e. The van der Waals surface area contributed by atoms with Crippen LogP contribution in [0, 0.1) is 17.3 Å². The van der Waals surface area contributed by atoms with Crippen molar-refractivity contribution in [2.75, 3.05) is 0 Å². The van der Waals surface area contributed by atoms with Crippen LogP contribution in [0.15, 0.2) is 82.6 Å². The first kappa shape index (κ1) is 17.2. The van der Waals surface area contributed by atoms with Gasteiger partial charge < -0.3 is 0 Å². The molecule has 2 saturated carbocycles. The van der Waals surface area contributed by atoms with Gasteiger partial charge in [-0.25, -0.2) is 16.8 Å². The van der Waals surface area contributed by atoms with Gasteiger partial charge in [-0.2, -0.15) is 0 Å². The fraction of sp³-hybridized carbons (Fsp3) is 0.333. The summed E-state index contributed by atoms with van der Waals surface area (Å²) >= 11 is 0. The highest BCUT2D eigenvalue weighted by molar-refractivity contribution is 7.96. The molecule has 3 aliphatic carbocycles. The minimum absolute atomic E-state index is 0.182. The van der Waals surface area contributed by atoms with Crippen LogP contribution in [0.2, 0.25) is 0 Å². The molecule has 0 radical (unpaired) electrons. The van der Waals surface area contributed by atoms with Gasteiger partial charge in [0.15, 0.2) is 19.7 Å². The van der Waals surface area contributed by atoms with E-state index in [0.717, 1.165) is 12.8 Å². The Morgan fingerprint density at radius 3 is 1.33 bits per heavy atom. The lowest BCUT2D eigenvalue weighted by atomic mass is 9.93. The lowest BCUT2D eigenvalue weighted by Crippen LogP contribution is -2.42. The molecule has 0 unspecified atom stereocenters. The Hall–Kier alpha value is -1.92. The number of benzene rings is 2. The van der Waals surface area contributed by atoms with Crippen LogP contribution < -0.4 is 0 Å². The van der Waals surface area contributed by atoms with Crippen molar-refractivity contribution in [3.8, 4) is 0 Å². The first-order chi connectivity index (χ1) is 12.9. The summed E-state index contributed by atoms with van der Waals surface area (Å²) in [5.74, 6) is -0.451.